The Morgan fingerprint density at radius 3 is 2.70 bits per heavy atom. The van der Waals surface area contributed by atoms with Crippen molar-refractivity contribution in [1.29, 1.82) is 0 Å². The highest BCUT2D eigenvalue weighted by Gasteiger charge is 2.24. The molecule has 1 aliphatic heterocycles. The van der Waals surface area contributed by atoms with Crippen LogP contribution in [0.15, 0.2) is 42.5 Å². The lowest BCUT2D eigenvalue weighted by Crippen LogP contribution is -2.29. The first-order chi connectivity index (χ1) is 12.9. The van der Waals surface area contributed by atoms with Gasteiger partial charge in [-0.25, -0.2) is 0 Å². The summed E-state index contributed by atoms with van der Waals surface area (Å²) in [6.45, 7) is 7.02. The van der Waals surface area contributed by atoms with E-state index < -0.39 is 0 Å². The number of carbonyl (C=O) groups is 2. The summed E-state index contributed by atoms with van der Waals surface area (Å²) in [5, 5.41) is 5.90. The molecule has 0 fully saturated rings. The van der Waals surface area contributed by atoms with Gasteiger partial charge in [-0.3, -0.25) is 9.59 Å². The van der Waals surface area contributed by atoms with Crippen LogP contribution < -0.4 is 15.4 Å². The van der Waals surface area contributed by atoms with Crippen molar-refractivity contribution in [1.82, 2.24) is 5.32 Å². The van der Waals surface area contributed by atoms with Crippen LogP contribution in [-0.2, 0) is 4.79 Å². The summed E-state index contributed by atoms with van der Waals surface area (Å²) < 4.78 is 5.66. The number of rotatable bonds is 6. The average Bonchev–Trinajstić information content (AvgIpc) is 3.04. The van der Waals surface area contributed by atoms with Gasteiger partial charge in [-0.1, -0.05) is 32.0 Å². The molecule has 5 nitrogen and oxygen atoms in total. The van der Waals surface area contributed by atoms with E-state index in [4.69, 9.17) is 4.74 Å². The molecule has 0 spiro atoms. The maximum absolute atomic E-state index is 12.5. The van der Waals surface area contributed by atoms with E-state index >= 15 is 0 Å². The second-order valence-electron chi connectivity index (χ2n) is 7.43. The fourth-order valence-electron chi connectivity index (χ4n) is 3.23. The third-order valence-electron chi connectivity index (χ3n) is 4.66. The first kappa shape index (κ1) is 19.0. The number of fused-ring (bicyclic) bond motifs is 1. The zero-order chi connectivity index (χ0) is 19.4. The second kappa shape index (κ2) is 8.25. The van der Waals surface area contributed by atoms with E-state index in [1.807, 2.05) is 45.0 Å². The van der Waals surface area contributed by atoms with Crippen molar-refractivity contribution in [3.8, 4) is 5.75 Å². The van der Waals surface area contributed by atoms with Crippen molar-refractivity contribution < 1.29 is 14.3 Å². The van der Waals surface area contributed by atoms with Crippen molar-refractivity contribution in [2.75, 3.05) is 18.5 Å². The average molecular weight is 366 g/mol. The molecule has 0 radical (unpaired) electrons. The first-order valence-corrected chi connectivity index (χ1v) is 9.34. The molecule has 2 aromatic rings. The normalized spacial score (nSPS) is 15.2. The Morgan fingerprint density at radius 2 is 1.96 bits per heavy atom. The van der Waals surface area contributed by atoms with Crippen molar-refractivity contribution in [3.63, 3.8) is 0 Å². The van der Waals surface area contributed by atoms with E-state index in [0.717, 1.165) is 22.6 Å². The molecule has 142 valence electrons. The molecular formula is C22H26N2O3. The predicted octanol–water partition coefficient (Wildman–Crippen LogP) is 3.89. The van der Waals surface area contributed by atoms with Crippen LogP contribution in [0.1, 0.15) is 47.7 Å². The molecule has 1 aliphatic rings. The SMILES string of the molecule is Cc1cc(C(=O)NCC2COc3ccccc32)ccc1NC(=O)CC(C)C. The largest absolute Gasteiger partial charge is 0.493 e. The lowest BCUT2D eigenvalue weighted by molar-refractivity contribution is -0.116. The standard InChI is InChI=1S/C22H26N2O3/c1-14(2)10-21(25)24-19-9-8-16(11-15(19)3)22(26)23-12-17-13-27-20-7-5-4-6-18(17)20/h4-9,11,14,17H,10,12-13H2,1-3H3,(H,23,26)(H,24,25). The minimum absolute atomic E-state index is 0.00907. The summed E-state index contributed by atoms with van der Waals surface area (Å²) in [6.07, 6.45) is 0.479. The fourth-order valence-corrected chi connectivity index (χ4v) is 3.23. The number of amides is 2. The molecule has 5 heteroatoms. The predicted molar refractivity (Wildman–Crippen MR) is 106 cm³/mol. The number of hydrogen-bond donors (Lipinski definition) is 2. The van der Waals surface area contributed by atoms with Crippen molar-refractivity contribution >= 4 is 17.5 Å². The number of hydrogen-bond acceptors (Lipinski definition) is 3. The molecule has 0 aliphatic carbocycles. The van der Waals surface area contributed by atoms with Gasteiger partial charge in [-0.15, -0.1) is 0 Å². The van der Waals surface area contributed by atoms with Crippen LogP contribution >= 0.6 is 0 Å². The second-order valence-corrected chi connectivity index (χ2v) is 7.43. The molecule has 3 rings (SSSR count). The Kier molecular flexibility index (Phi) is 5.79. The van der Waals surface area contributed by atoms with Crippen molar-refractivity contribution in [2.24, 2.45) is 5.92 Å². The maximum atomic E-state index is 12.5. The van der Waals surface area contributed by atoms with Crippen LogP contribution in [0.25, 0.3) is 0 Å². The van der Waals surface area contributed by atoms with E-state index in [1.54, 1.807) is 18.2 Å². The quantitative estimate of drug-likeness (QED) is 0.815. The number of ether oxygens (including phenoxy) is 1. The molecule has 2 amide bonds. The van der Waals surface area contributed by atoms with Gasteiger partial charge in [0, 0.05) is 35.7 Å². The summed E-state index contributed by atoms with van der Waals surface area (Å²) in [6, 6.07) is 13.3. The number of aryl methyl sites for hydroxylation is 1. The van der Waals surface area contributed by atoms with Crippen LogP contribution in [0.4, 0.5) is 5.69 Å². The smallest absolute Gasteiger partial charge is 0.251 e. The van der Waals surface area contributed by atoms with Gasteiger partial charge in [0.15, 0.2) is 0 Å². The molecule has 2 aromatic carbocycles. The third-order valence-corrected chi connectivity index (χ3v) is 4.66. The van der Waals surface area contributed by atoms with Crippen LogP contribution in [0.3, 0.4) is 0 Å². The Labute approximate surface area is 160 Å². The summed E-state index contributed by atoms with van der Waals surface area (Å²) >= 11 is 0. The Balaban J connectivity index is 1.59. The molecular weight excluding hydrogens is 340 g/mol. The topological polar surface area (TPSA) is 67.4 Å². The highest BCUT2D eigenvalue weighted by molar-refractivity contribution is 5.96. The van der Waals surface area contributed by atoms with Gasteiger partial charge < -0.3 is 15.4 Å². The monoisotopic (exact) mass is 366 g/mol. The molecule has 1 atom stereocenters. The summed E-state index contributed by atoms with van der Waals surface area (Å²) in [4.78, 5) is 24.4. The molecule has 1 unspecified atom stereocenters. The van der Waals surface area contributed by atoms with Gasteiger partial charge in [0.2, 0.25) is 5.91 Å². The maximum Gasteiger partial charge on any atom is 0.251 e. The van der Waals surface area contributed by atoms with Gasteiger partial charge >= 0.3 is 0 Å². The van der Waals surface area contributed by atoms with Crippen LogP contribution in [0.2, 0.25) is 0 Å². The Bertz CT molecular complexity index is 845. The minimum Gasteiger partial charge on any atom is -0.493 e. The number of benzene rings is 2. The van der Waals surface area contributed by atoms with Crippen LogP contribution in [-0.4, -0.2) is 25.0 Å². The van der Waals surface area contributed by atoms with Crippen molar-refractivity contribution in [3.05, 3.63) is 59.2 Å². The van der Waals surface area contributed by atoms with E-state index in [0.29, 0.717) is 31.1 Å². The first-order valence-electron chi connectivity index (χ1n) is 9.34. The van der Waals surface area contributed by atoms with Crippen LogP contribution in [0.5, 0.6) is 5.75 Å². The zero-order valence-corrected chi connectivity index (χ0v) is 16.0. The molecule has 0 saturated carbocycles. The molecule has 0 bridgehead atoms. The fraction of sp³-hybridized carbons (Fsp3) is 0.364. The van der Waals surface area contributed by atoms with Gasteiger partial charge in [0.25, 0.3) is 5.91 Å². The number of carbonyl (C=O) groups excluding carboxylic acids is 2. The van der Waals surface area contributed by atoms with E-state index in [9.17, 15) is 9.59 Å². The van der Waals surface area contributed by atoms with Gasteiger partial charge in [0.1, 0.15) is 5.75 Å². The lowest BCUT2D eigenvalue weighted by Gasteiger charge is -2.13. The summed E-state index contributed by atoms with van der Waals surface area (Å²) in [5.41, 5.74) is 3.34. The van der Waals surface area contributed by atoms with Gasteiger partial charge in [-0.2, -0.15) is 0 Å². The Hall–Kier alpha value is -2.82. The number of nitrogens with one attached hydrogen (secondary N) is 2. The highest BCUT2D eigenvalue weighted by Crippen LogP contribution is 2.32. The van der Waals surface area contributed by atoms with Gasteiger partial charge in [0.05, 0.1) is 6.61 Å². The molecule has 1 heterocycles. The minimum atomic E-state index is -0.123. The summed E-state index contributed by atoms with van der Waals surface area (Å²) in [7, 11) is 0. The number of para-hydroxylation sites is 1. The number of anilines is 1. The molecule has 0 saturated heterocycles. The van der Waals surface area contributed by atoms with E-state index in [1.165, 1.54) is 0 Å². The van der Waals surface area contributed by atoms with E-state index in [-0.39, 0.29) is 17.7 Å². The van der Waals surface area contributed by atoms with Crippen LogP contribution in [0, 0.1) is 12.8 Å². The Morgan fingerprint density at radius 1 is 1.19 bits per heavy atom. The lowest BCUT2D eigenvalue weighted by atomic mass is 10.0. The highest BCUT2D eigenvalue weighted by atomic mass is 16.5. The molecule has 27 heavy (non-hydrogen) atoms. The molecule has 2 N–H and O–H groups in total. The zero-order valence-electron chi connectivity index (χ0n) is 16.0. The van der Waals surface area contributed by atoms with Crippen molar-refractivity contribution in [2.45, 2.75) is 33.1 Å². The third kappa shape index (κ3) is 4.67. The summed E-state index contributed by atoms with van der Waals surface area (Å²) in [5.74, 6) is 1.24. The van der Waals surface area contributed by atoms with E-state index in [2.05, 4.69) is 10.6 Å². The molecule has 0 aromatic heterocycles. The van der Waals surface area contributed by atoms with Gasteiger partial charge in [-0.05, 0) is 42.7 Å².